The van der Waals surface area contributed by atoms with Gasteiger partial charge in [-0.05, 0) is 27.7 Å². The van der Waals surface area contributed by atoms with Gasteiger partial charge in [0.2, 0.25) is 0 Å². The fourth-order valence-electron chi connectivity index (χ4n) is 1.51. The van der Waals surface area contributed by atoms with Crippen molar-refractivity contribution in [2.75, 3.05) is 0 Å². The van der Waals surface area contributed by atoms with Gasteiger partial charge in [0.1, 0.15) is 0 Å². The maximum absolute atomic E-state index is 11.0. The Morgan fingerprint density at radius 1 is 1.09 bits per heavy atom. The first kappa shape index (κ1) is 9.40. The van der Waals surface area contributed by atoms with Crippen molar-refractivity contribution < 1.29 is 13.9 Å². The largest absolute Gasteiger partial charge is 0.786 e. The molecular weight excluding hydrogens is 163 g/mol. The molecule has 4 heteroatoms. The summed E-state index contributed by atoms with van der Waals surface area (Å²) >= 11 is 0. The van der Waals surface area contributed by atoms with Gasteiger partial charge in [-0.25, -0.2) is 0 Å². The third-order valence-corrected chi connectivity index (χ3v) is 2.78. The molecule has 0 atom stereocenters. The van der Waals surface area contributed by atoms with Gasteiger partial charge in [-0.1, -0.05) is 0 Å². The van der Waals surface area contributed by atoms with E-state index in [9.17, 15) is 4.89 Å². The summed E-state index contributed by atoms with van der Waals surface area (Å²) in [6, 6.07) is 0. The highest BCUT2D eigenvalue weighted by Gasteiger charge is 2.36. The highest BCUT2D eigenvalue weighted by Crippen LogP contribution is 2.48. The normalized spacial score (nSPS) is 30.3. The van der Waals surface area contributed by atoms with Gasteiger partial charge >= 0.3 is 0 Å². The molecule has 11 heavy (non-hydrogen) atoms. The first-order chi connectivity index (χ1) is 4.81. The van der Waals surface area contributed by atoms with E-state index in [0.717, 1.165) is 6.42 Å². The molecule has 1 rings (SSSR count). The van der Waals surface area contributed by atoms with E-state index in [-0.39, 0.29) is 11.2 Å². The van der Waals surface area contributed by atoms with Crippen LogP contribution in [0.4, 0.5) is 0 Å². The van der Waals surface area contributed by atoms with Crippen LogP contribution in [0, 0.1) is 0 Å². The lowest BCUT2D eigenvalue weighted by Crippen LogP contribution is -2.42. The summed E-state index contributed by atoms with van der Waals surface area (Å²) in [7, 11) is -1.92. The second-order valence-corrected chi connectivity index (χ2v) is 4.91. The molecule has 3 nitrogen and oxygen atoms in total. The lowest BCUT2D eigenvalue weighted by atomic mass is 9.93. The molecule has 0 radical (unpaired) electrons. The zero-order valence-electron chi connectivity index (χ0n) is 7.38. The summed E-state index contributed by atoms with van der Waals surface area (Å²) in [5.41, 5.74) is -0.648. The van der Waals surface area contributed by atoms with Crippen LogP contribution in [0.1, 0.15) is 34.1 Å². The van der Waals surface area contributed by atoms with Gasteiger partial charge in [0, 0.05) is 6.42 Å². The van der Waals surface area contributed by atoms with Crippen LogP contribution in [-0.4, -0.2) is 11.2 Å². The van der Waals surface area contributed by atoms with Crippen molar-refractivity contribution in [3.8, 4) is 0 Å². The minimum atomic E-state index is -1.92. The molecule has 0 aromatic rings. The predicted molar refractivity (Wildman–Crippen MR) is 41.9 cm³/mol. The smallest absolute Gasteiger partial charge is 0.0844 e. The highest BCUT2D eigenvalue weighted by atomic mass is 31.2. The van der Waals surface area contributed by atoms with Crippen molar-refractivity contribution in [1.29, 1.82) is 0 Å². The van der Waals surface area contributed by atoms with Gasteiger partial charge in [0.25, 0.3) is 0 Å². The predicted octanol–water partition coefficient (Wildman–Crippen LogP) is 1.57. The molecule has 0 aromatic heterocycles. The Balaban J connectivity index is 2.66. The Morgan fingerprint density at radius 2 is 1.45 bits per heavy atom. The molecule has 0 unspecified atom stereocenters. The average Bonchev–Trinajstić information content (AvgIpc) is 1.49. The molecule has 0 saturated carbocycles. The molecule has 0 aliphatic carbocycles. The molecule has 0 bridgehead atoms. The molecular formula is C7H14O3P-. The summed E-state index contributed by atoms with van der Waals surface area (Å²) in [5, 5.41) is 0. The van der Waals surface area contributed by atoms with Crippen LogP contribution in [0.25, 0.3) is 0 Å². The summed E-state index contributed by atoms with van der Waals surface area (Å²) < 4.78 is 10.2. The average molecular weight is 177 g/mol. The Bertz CT molecular complexity index is 140. The quantitative estimate of drug-likeness (QED) is 0.527. The summed E-state index contributed by atoms with van der Waals surface area (Å²) in [6.07, 6.45) is 0.765. The molecule has 0 N–H and O–H groups in total. The summed E-state index contributed by atoms with van der Waals surface area (Å²) in [5.74, 6) is 0. The van der Waals surface area contributed by atoms with Crippen LogP contribution in [0.15, 0.2) is 0 Å². The van der Waals surface area contributed by atoms with Gasteiger partial charge < -0.3 is 13.9 Å². The van der Waals surface area contributed by atoms with Crippen molar-refractivity contribution in [3.05, 3.63) is 0 Å². The van der Waals surface area contributed by atoms with Gasteiger partial charge in [-0.3, -0.25) is 0 Å². The van der Waals surface area contributed by atoms with Gasteiger partial charge in [-0.15, -0.1) is 0 Å². The van der Waals surface area contributed by atoms with Crippen LogP contribution in [0.2, 0.25) is 0 Å². The molecule has 1 aliphatic heterocycles. The zero-order chi connectivity index (χ0) is 8.70. The molecule has 1 aliphatic rings. The third kappa shape index (κ3) is 2.68. The molecule has 1 heterocycles. The van der Waals surface area contributed by atoms with Crippen molar-refractivity contribution in [1.82, 2.24) is 0 Å². The van der Waals surface area contributed by atoms with Crippen molar-refractivity contribution >= 4 is 8.60 Å². The first-order valence-electron chi connectivity index (χ1n) is 3.66. The Labute approximate surface area is 68.7 Å². The SMILES string of the molecule is CC1(C)CC(C)(C)OP([O-])O1. The first-order valence-corrected chi connectivity index (χ1v) is 4.76. The summed E-state index contributed by atoms with van der Waals surface area (Å²) in [4.78, 5) is 11.0. The van der Waals surface area contributed by atoms with E-state index in [1.165, 1.54) is 0 Å². The molecule has 0 amide bonds. The summed E-state index contributed by atoms with van der Waals surface area (Å²) in [6.45, 7) is 7.68. The van der Waals surface area contributed by atoms with Crippen LogP contribution in [-0.2, 0) is 9.05 Å². The molecule has 0 spiro atoms. The van der Waals surface area contributed by atoms with Crippen molar-refractivity contribution in [2.24, 2.45) is 0 Å². The number of rotatable bonds is 0. The number of hydrogen-bond acceptors (Lipinski definition) is 3. The fourth-order valence-corrected chi connectivity index (χ4v) is 2.49. The van der Waals surface area contributed by atoms with E-state index in [0.29, 0.717) is 0 Å². The van der Waals surface area contributed by atoms with E-state index in [1.807, 2.05) is 27.7 Å². The van der Waals surface area contributed by atoms with Crippen molar-refractivity contribution in [2.45, 2.75) is 45.3 Å². The number of hydrogen-bond donors (Lipinski definition) is 0. The molecule has 1 saturated heterocycles. The highest BCUT2D eigenvalue weighted by molar-refractivity contribution is 7.39. The van der Waals surface area contributed by atoms with E-state index in [2.05, 4.69) is 0 Å². The molecule has 0 aromatic carbocycles. The molecule has 66 valence electrons. The maximum atomic E-state index is 11.0. The second-order valence-electron chi connectivity index (χ2n) is 4.10. The van der Waals surface area contributed by atoms with E-state index in [1.54, 1.807) is 0 Å². The minimum Gasteiger partial charge on any atom is -0.786 e. The standard InChI is InChI=1S/C7H14O3P/c1-6(2)5-7(3,4)10-11(8)9-6/h5H2,1-4H3/q-1. The van der Waals surface area contributed by atoms with Crippen LogP contribution in [0.3, 0.4) is 0 Å². The Hall–Kier alpha value is 0.310. The van der Waals surface area contributed by atoms with Gasteiger partial charge in [-0.2, -0.15) is 0 Å². The Kier molecular flexibility index (Phi) is 2.28. The van der Waals surface area contributed by atoms with E-state index < -0.39 is 8.60 Å². The van der Waals surface area contributed by atoms with Crippen LogP contribution >= 0.6 is 8.60 Å². The topological polar surface area (TPSA) is 41.5 Å². The maximum Gasteiger partial charge on any atom is 0.0844 e. The lowest BCUT2D eigenvalue weighted by Gasteiger charge is -2.46. The fraction of sp³-hybridized carbons (Fsp3) is 1.00. The zero-order valence-corrected chi connectivity index (χ0v) is 8.27. The Morgan fingerprint density at radius 3 is 1.73 bits per heavy atom. The van der Waals surface area contributed by atoms with E-state index >= 15 is 0 Å². The lowest BCUT2D eigenvalue weighted by molar-refractivity contribution is -0.239. The third-order valence-electron chi connectivity index (χ3n) is 1.49. The van der Waals surface area contributed by atoms with Gasteiger partial charge in [0.05, 0.1) is 19.8 Å². The second kappa shape index (κ2) is 2.67. The van der Waals surface area contributed by atoms with Crippen LogP contribution in [0.5, 0.6) is 0 Å². The van der Waals surface area contributed by atoms with Gasteiger partial charge in [0.15, 0.2) is 0 Å². The van der Waals surface area contributed by atoms with E-state index in [4.69, 9.17) is 9.05 Å². The molecule has 1 fully saturated rings. The van der Waals surface area contributed by atoms with Crippen molar-refractivity contribution in [3.63, 3.8) is 0 Å². The monoisotopic (exact) mass is 177 g/mol. The van der Waals surface area contributed by atoms with Crippen LogP contribution < -0.4 is 4.89 Å². The minimum absolute atomic E-state index is 0.324.